The van der Waals surface area contributed by atoms with Crippen LogP contribution in [-0.2, 0) is 26.3 Å². The van der Waals surface area contributed by atoms with Crippen LogP contribution in [0.25, 0.3) is 0 Å². The Labute approximate surface area is 219 Å². The van der Waals surface area contributed by atoms with Crippen molar-refractivity contribution >= 4 is 75.4 Å². The predicted molar refractivity (Wildman–Crippen MR) is 139 cm³/mol. The van der Waals surface area contributed by atoms with Crippen LogP contribution in [0.15, 0.2) is 58.4 Å². The van der Waals surface area contributed by atoms with Gasteiger partial charge in [0.1, 0.15) is 11.8 Å². The molecule has 0 spiro atoms. The Hall–Kier alpha value is -2.59. The first kappa shape index (κ1) is 24.1. The van der Waals surface area contributed by atoms with Crippen LogP contribution >= 0.6 is 46.3 Å². The summed E-state index contributed by atoms with van der Waals surface area (Å²) in [5, 5.41) is 3.23. The van der Waals surface area contributed by atoms with Crippen molar-refractivity contribution in [1.82, 2.24) is 4.57 Å². The standard InChI is InChI=1S/C24H19Cl2N3O4S2/c1-24(2)17-18(21(32)29(20(17)31)13-6-4-3-5-7-13)34-22-19(24)35-23(33)28(22)11-16(30)27-12-8-9-14(25)15(26)10-12/h3-10,17-18H,11H2,1-2H3,(H,27,30)/t17-,18+/m1/s1. The molecule has 180 valence electrons. The first-order valence-electron chi connectivity index (χ1n) is 10.7. The number of hydrogen-bond acceptors (Lipinski definition) is 6. The number of aromatic nitrogens is 1. The van der Waals surface area contributed by atoms with E-state index in [1.807, 2.05) is 19.9 Å². The second-order valence-corrected chi connectivity index (χ2v) is 11.8. The van der Waals surface area contributed by atoms with E-state index in [0.717, 1.165) is 11.3 Å². The van der Waals surface area contributed by atoms with Gasteiger partial charge in [0, 0.05) is 16.0 Å². The van der Waals surface area contributed by atoms with Crippen LogP contribution in [0, 0.1) is 5.92 Å². The Morgan fingerprint density at radius 2 is 1.74 bits per heavy atom. The van der Waals surface area contributed by atoms with Crippen molar-refractivity contribution in [2.45, 2.75) is 36.1 Å². The van der Waals surface area contributed by atoms with Crippen LogP contribution in [0.2, 0.25) is 10.0 Å². The Balaban J connectivity index is 1.46. The number of para-hydroxylation sites is 1. The fourth-order valence-corrected chi connectivity index (χ4v) is 7.85. The van der Waals surface area contributed by atoms with Gasteiger partial charge in [-0.2, -0.15) is 0 Å². The van der Waals surface area contributed by atoms with E-state index in [4.69, 9.17) is 23.2 Å². The summed E-state index contributed by atoms with van der Waals surface area (Å²) in [6.45, 7) is 3.51. The van der Waals surface area contributed by atoms with Gasteiger partial charge in [0.15, 0.2) is 0 Å². The number of nitrogens with zero attached hydrogens (tertiary/aromatic N) is 2. The van der Waals surface area contributed by atoms with Crippen molar-refractivity contribution in [3.05, 3.63) is 73.1 Å². The molecule has 2 aliphatic rings. The first-order chi connectivity index (χ1) is 16.6. The fraction of sp³-hybridized carbons (Fsp3) is 0.250. The van der Waals surface area contributed by atoms with E-state index >= 15 is 0 Å². The van der Waals surface area contributed by atoms with Gasteiger partial charge in [0.05, 0.1) is 26.7 Å². The van der Waals surface area contributed by atoms with Gasteiger partial charge < -0.3 is 5.32 Å². The lowest BCUT2D eigenvalue weighted by Crippen LogP contribution is -2.41. The average Bonchev–Trinajstić information content (AvgIpc) is 3.26. The number of imide groups is 1. The summed E-state index contributed by atoms with van der Waals surface area (Å²) >= 11 is 14.1. The van der Waals surface area contributed by atoms with E-state index in [1.165, 1.54) is 27.3 Å². The number of thiazole rings is 1. The van der Waals surface area contributed by atoms with E-state index in [2.05, 4.69) is 5.32 Å². The molecule has 3 amide bonds. The van der Waals surface area contributed by atoms with Crippen molar-refractivity contribution in [3.63, 3.8) is 0 Å². The summed E-state index contributed by atoms with van der Waals surface area (Å²) in [5.41, 5.74) is 0.205. The van der Waals surface area contributed by atoms with Crippen molar-refractivity contribution in [1.29, 1.82) is 0 Å². The van der Waals surface area contributed by atoms with Gasteiger partial charge in [-0.1, -0.05) is 78.3 Å². The minimum absolute atomic E-state index is 0.240. The topological polar surface area (TPSA) is 88.5 Å². The lowest BCUT2D eigenvalue weighted by molar-refractivity contribution is -0.123. The Morgan fingerprint density at radius 1 is 1.03 bits per heavy atom. The maximum Gasteiger partial charge on any atom is 0.308 e. The van der Waals surface area contributed by atoms with Gasteiger partial charge in [0.25, 0.3) is 0 Å². The van der Waals surface area contributed by atoms with E-state index in [0.29, 0.717) is 31.3 Å². The number of rotatable bonds is 4. The van der Waals surface area contributed by atoms with Gasteiger partial charge in [-0.3, -0.25) is 23.7 Å². The molecule has 2 aromatic carbocycles. The number of halogens is 2. The monoisotopic (exact) mass is 547 g/mol. The molecule has 7 nitrogen and oxygen atoms in total. The highest BCUT2D eigenvalue weighted by molar-refractivity contribution is 8.00. The molecule has 3 aromatic rings. The molecule has 2 atom stereocenters. The molecule has 0 radical (unpaired) electrons. The number of anilines is 2. The summed E-state index contributed by atoms with van der Waals surface area (Å²) in [6, 6.07) is 13.5. The summed E-state index contributed by atoms with van der Waals surface area (Å²) < 4.78 is 1.37. The fourth-order valence-electron chi connectivity index (χ4n) is 4.52. The summed E-state index contributed by atoms with van der Waals surface area (Å²) in [7, 11) is 0. The second kappa shape index (κ2) is 8.81. The largest absolute Gasteiger partial charge is 0.324 e. The lowest BCUT2D eigenvalue weighted by Gasteiger charge is -2.36. The molecule has 1 saturated heterocycles. The van der Waals surface area contributed by atoms with Gasteiger partial charge in [-0.15, -0.1) is 0 Å². The molecule has 3 heterocycles. The molecule has 5 rings (SSSR count). The third kappa shape index (κ3) is 4.00. The smallest absolute Gasteiger partial charge is 0.308 e. The highest BCUT2D eigenvalue weighted by atomic mass is 35.5. The Morgan fingerprint density at radius 3 is 2.43 bits per heavy atom. The van der Waals surface area contributed by atoms with Crippen molar-refractivity contribution in [2.24, 2.45) is 5.92 Å². The molecule has 1 fully saturated rings. The zero-order valence-corrected chi connectivity index (χ0v) is 21.7. The number of carbonyl (C=O) groups excluding carboxylic acids is 3. The second-order valence-electron chi connectivity index (χ2n) is 8.85. The molecule has 0 saturated carbocycles. The zero-order chi connectivity index (χ0) is 25.1. The molecule has 1 aromatic heterocycles. The van der Waals surface area contributed by atoms with Crippen LogP contribution in [0.4, 0.5) is 11.4 Å². The van der Waals surface area contributed by atoms with Gasteiger partial charge in [-0.25, -0.2) is 4.90 Å². The molecule has 35 heavy (non-hydrogen) atoms. The van der Waals surface area contributed by atoms with Crippen molar-refractivity contribution < 1.29 is 14.4 Å². The van der Waals surface area contributed by atoms with Crippen molar-refractivity contribution in [2.75, 3.05) is 10.2 Å². The summed E-state index contributed by atoms with van der Waals surface area (Å²) in [6.07, 6.45) is 0. The normalized spacial score (nSPS) is 20.5. The van der Waals surface area contributed by atoms with E-state index in [-0.39, 0.29) is 23.2 Å². The predicted octanol–water partition coefficient (Wildman–Crippen LogP) is 4.80. The molecule has 0 aliphatic carbocycles. The zero-order valence-electron chi connectivity index (χ0n) is 18.6. The number of hydrogen-bond donors (Lipinski definition) is 1. The lowest BCUT2D eigenvalue weighted by atomic mass is 9.76. The molecule has 2 aliphatic heterocycles. The van der Waals surface area contributed by atoms with Gasteiger partial charge in [-0.05, 0) is 30.3 Å². The Kier molecular flexibility index (Phi) is 6.07. The quantitative estimate of drug-likeness (QED) is 0.474. The number of thioether (sulfide) groups is 1. The van der Waals surface area contributed by atoms with Crippen LogP contribution < -0.4 is 15.1 Å². The van der Waals surface area contributed by atoms with Crippen LogP contribution in [-0.4, -0.2) is 27.5 Å². The number of fused-ring (bicyclic) bond motifs is 2. The Bertz CT molecular complexity index is 1430. The first-order valence-corrected chi connectivity index (χ1v) is 13.1. The molecular weight excluding hydrogens is 529 g/mol. The average molecular weight is 548 g/mol. The van der Waals surface area contributed by atoms with E-state index < -0.39 is 22.5 Å². The van der Waals surface area contributed by atoms with E-state index in [9.17, 15) is 19.2 Å². The van der Waals surface area contributed by atoms with Crippen LogP contribution in [0.3, 0.4) is 0 Å². The van der Waals surface area contributed by atoms with Gasteiger partial charge in [0.2, 0.25) is 17.7 Å². The van der Waals surface area contributed by atoms with Gasteiger partial charge >= 0.3 is 4.87 Å². The highest BCUT2D eigenvalue weighted by Crippen LogP contribution is 2.54. The third-order valence-electron chi connectivity index (χ3n) is 6.22. The van der Waals surface area contributed by atoms with E-state index in [1.54, 1.807) is 36.4 Å². The summed E-state index contributed by atoms with van der Waals surface area (Å²) in [5.74, 6) is -1.64. The molecular formula is C24H19Cl2N3O4S2. The highest BCUT2D eigenvalue weighted by Gasteiger charge is 2.59. The number of benzene rings is 2. The molecule has 11 heteroatoms. The number of nitrogens with one attached hydrogen (secondary N) is 1. The SMILES string of the molecule is CC1(C)c2sc(=O)n(CC(=O)Nc3ccc(Cl)c(Cl)c3)c2S[C@@H]2C(=O)N(c3ccccc3)C(=O)[C@@H]21. The maximum atomic E-state index is 13.4. The molecule has 0 unspecified atom stereocenters. The number of carbonyl (C=O) groups is 3. The van der Waals surface area contributed by atoms with Crippen LogP contribution in [0.1, 0.15) is 18.7 Å². The van der Waals surface area contributed by atoms with Crippen LogP contribution in [0.5, 0.6) is 0 Å². The molecule has 1 N–H and O–H groups in total. The molecule has 0 bridgehead atoms. The minimum atomic E-state index is -0.767. The summed E-state index contributed by atoms with van der Waals surface area (Å²) in [4.78, 5) is 54.1. The third-order valence-corrected chi connectivity index (χ3v) is 9.79. The maximum absolute atomic E-state index is 13.4. The van der Waals surface area contributed by atoms with Crippen molar-refractivity contribution in [3.8, 4) is 0 Å². The number of amides is 3. The minimum Gasteiger partial charge on any atom is -0.324 e.